The summed E-state index contributed by atoms with van der Waals surface area (Å²) in [5.41, 5.74) is 3.60. The number of carbonyl (C=O) groups excluding carboxylic acids is 1. The average Bonchev–Trinajstić information content (AvgIpc) is 1.94. The maximum atomic E-state index is 11.4. The zero-order chi connectivity index (χ0) is 11.9. The van der Waals surface area contributed by atoms with Gasteiger partial charge in [-0.05, 0) is 20.8 Å². The molecule has 0 saturated carbocycles. The van der Waals surface area contributed by atoms with Crippen molar-refractivity contribution < 1.29 is 19.4 Å². The summed E-state index contributed by atoms with van der Waals surface area (Å²) in [4.78, 5) is 23.3. The second kappa shape index (κ2) is 3.37. The highest BCUT2D eigenvalue weighted by Gasteiger charge is 2.49. The molecule has 6 heteroatoms. The molecule has 15 heavy (non-hydrogen) atoms. The van der Waals surface area contributed by atoms with E-state index in [-0.39, 0.29) is 13.1 Å². The van der Waals surface area contributed by atoms with E-state index in [0.717, 1.165) is 0 Å². The van der Waals surface area contributed by atoms with Gasteiger partial charge in [0, 0.05) is 0 Å². The predicted molar refractivity (Wildman–Crippen MR) is 52.4 cm³/mol. The molecule has 1 rings (SSSR count). The predicted octanol–water partition coefficient (Wildman–Crippen LogP) is 0.0192. The molecule has 0 atom stereocenters. The number of carboxylic acid groups (broad SMARTS) is 1. The molecule has 1 saturated heterocycles. The highest BCUT2D eigenvalue weighted by Crippen LogP contribution is 2.21. The van der Waals surface area contributed by atoms with E-state index in [1.807, 2.05) is 0 Å². The molecule has 0 aromatic heterocycles. The van der Waals surface area contributed by atoms with E-state index in [0.29, 0.717) is 0 Å². The Balaban J connectivity index is 2.46. The van der Waals surface area contributed by atoms with Gasteiger partial charge in [-0.1, -0.05) is 0 Å². The SMILES string of the molecule is CC(C)(C)OC(=O)N1CC(N)(C(=O)O)C1. The number of likely N-dealkylation sites (tertiary alicyclic amines) is 1. The molecule has 0 spiro atoms. The minimum absolute atomic E-state index is 0.00273. The first-order chi connectivity index (χ1) is 6.64. The fraction of sp³-hybridized carbons (Fsp3) is 0.778. The average molecular weight is 216 g/mol. The first-order valence-electron chi connectivity index (χ1n) is 4.64. The van der Waals surface area contributed by atoms with Crippen molar-refractivity contribution in [1.29, 1.82) is 0 Å². The maximum absolute atomic E-state index is 11.4. The molecule has 6 nitrogen and oxygen atoms in total. The topological polar surface area (TPSA) is 92.9 Å². The highest BCUT2D eigenvalue weighted by molar-refractivity contribution is 5.84. The Morgan fingerprint density at radius 3 is 2.20 bits per heavy atom. The molecule has 1 fully saturated rings. The summed E-state index contributed by atoms with van der Waals surface area (Å²) in [6, 6.07) is 0. The van der Waals surface area contributed by atoms with Crippen molar-refractivity contribution in [3.8, 4) is 0 Å². The van der Waals surface area contributed by atoms with Crippen LogP contribution in [0.1, 0.15) is 20.8 Å². The van der Waals surface area contributed by atoms with Crippen molar-refractivity contribution in [2.75, 3.05) is 13.1 Å². The van der Waals surface area contributed by atoms with Crippen LogP contribution in [-0.4, -0.2) is 46.3 Å². The van der Waals surface area contributed by atoms with E-state index in [9.17, 15) is 9.59 Å². The Bertz CT molecular complexity index is 289. The molecule has 1 aliphatic rings. The Morgan fingerprint density at radius 1 is 1.40 bits per heavy atom. The van der Waals surface area contributed by atoms with Crippen molar-refractivity contribution in [2.24, 2.45) is 5.73 Å². The Hall–Kier alpha value is -1.30. The van der Waals surface area contributed by atoms with Gasteiger partial charge in [-0.2, -0.15) is 0 Å². The number of hydrogen-bond donors (Lipinski definition) is 2. The lowest BCUT2D eigenvalue weighted by Crippen LogP contribution is -2.72. The van der Waals surface area contributed by atoms with E-state index in [1.165, 1.54) is 4.90 Å². The minimum Gasteiger partial charge on any atom is -0.480 e. The number of nitrogens with two attached hydrogens (primary N) is 1. The van der Waals surface area contributed by atoms with Crippen molar-refractivity contribution in [3.05, 3.63) is 0 Å². The summed E-state index contributed by atoms with van der Waals surface area (Å²) in [5, 5.41) is 8.72. The van der Waals surface area contributed by atoms with Gasteiger partial charge in [0.05, 0.1) is 13.1 Å². The van der Waals surface area contributed by atoms with Crippen molar-refractivity contribution in [1.82, 2.24) is 4.90 Å². The van der Waals surface area contributed by atoms with Crippen LogP contribution in [0.15, 0.2) is 0 Å². The van der Waals surface area contributed by atoms with Gasteiger partial charge in [-0.25, -0.2) is 4.79 Å². The van der Waals surface area contributed by atoms with Gasteiger partial charge in [0.1, 0.15) is 11.1 Å². The van der Waals surface area contributed by atoms with Crippen LogP contribution >= 0.6 is 0 Å². The van der Waals surface area contributed by atoms with Crippen LogP contribution < -0.4 is 5.73 Å². The maximum Gasteiger partial charge on any atom is 0.410 e. The van der Waals surface area contributed by atoms with E-state index in [4.69, 9.17) is 15.6 Å². The first-order valence-corrected chi connectivity index (χ1v) is 4.64. The van der Waals surface area contributed by atoms with Crippen LogP contribution in [0.5, 0.6) is 0 Å². The van der Waals surface area contributed by atoms with Crippen LogP contribution in [0.3, 0.4) is 0 Å². The summed E-state index contributed by atoms with van der Waals surface area (Å²) in [5.74, 6) is -1.10. The molecule has 0 unspecified atom stereocenters. The van der Waals surface area contributed by atoms with Gasteiger partial charge in [0.15, 0.2) is 0 Å². The monoisotopic (exact) mass is 216 g/mol. The first kappa shape index (κ1) is 11.8. The van der Waals surface area contributed by atoms with Crippen molar-refractivity contribution in [2.45, 2.75) is 31.9 Å². The molecule has 1 amide bonds. The lowest BCUT2D eigenvalue weighted by molar-refractivity contribution is -0.149. The number of carboxylic acids is 1. The number of aliphatic carboxylic acids is 1. The van der Waals surface area contributed by atoms with Gasteiger partial charge in [0.2, 0.25) is 0 Å². The molecule has 1 aliphatic heterocycles. The van der Waals surface area contributed by atoms with Gasteiger partial charge < -0.3 is 20.5 Å². The fourth-order valence-corrected chi connectivity index (χ4v) is 1.23. The van der Waals surface area contributed by atoms with Gasteiger partial charge in [-0.15, -0.1) is 0 Å². The van der Waals surface area contributed by atoms with Crippen molar-refractivity contribution >= 4 is 12.1 Å². The molecule has 86 valence electrons. The van der Waals surface area contributed by atoms with Crippen LogP contribution in [0.4, 0.5) is 4.79 Å². The third kappa shape index (κ3) is 2.59. The number of ether oxygens (including phenoxy) is 1. The largest absolute Gasteiger partial charge is 0.480 e. The number of nitrogens with zero attached hydrogens (tertiary/aromatic N) is 1. The highest BCUT2D eigenvalue weighted by atomic mass is 16.6. The zero-order valence-corrected chi connectivity index (χ0v) is 9.11. The standard InChI is InChI=1S/C9H16N2O4/c1-8(2,3)15-7(14)11-4-9(10,5-11)6(12)13/h4-5,10H2,1-3H3,(H,12,13). The zero-order valence-electron chi connectivity index (χ0n) is 9.11. The lowest BCUT2D eigenvalue weighted by Gasteiger charge is -2.44. The Morgan fingerprint density at radius 2 is 1.87 bits per heavy atom. The molecular weight excluding hydrogens is 200 g/mol. The summed E-state index contributed by atoms with van der Waals surface area (Å²) in [7, 11) is 0. The van der Waals surface area contributed by atoms with Crippen LogP contribution in [0, 0.1) is 0 Å². The van der Waals surface area contributed by atoms with Crippen LogP contribution in [0.2, 0.25) is 0 Å². The molecule has 0 aromatic carbocycles. The molecular formula is C9H16N2O4. The van der Waals surface area contributed by atoms with E-state index in [1.54, 1.807) is 20.8 Å². The third-order valence-corrected chi connectivity index (χ3v) is 2.02. The van der Waals surface area contributed by atoms with Crippen molar-refractivity contribution in [3.63, 3.8) is 0 Å². The normalized spacial score (nSPS) is 19.3. The van der Waals surface area contributed by atoms with Gasteiger partial charge >= 0.3 is 12.1 Å². The molecule has 1 heterocycles. The van der Waals surface area contributed by atoms with Crippen LogP contribution in [-0.2, 0) is 9.53 Å². The number of hydrogen-bond acceptors (Lipinski definition) is 4. The molecule has 0 bridgehead atoms. The summed E-state index contributed by atoms with van der Waals surface area (Å²) in [6.07, 6.45) is -0.523. The lowest BCUT2D eigenvalue weighted by atomic mass is 9.92. The van der Waals surface area contributed by atoms with E-state index >= 15 is 0 Å². The van der Waals surface area contributed by atoms with E-state index in [2.05, 4.69) is 0 Å². The molecule has 3 N–H and O–H groups in total. The second-order valence-electron chi connectivity index (χ2n) is 4.80. The number of rotatable bonds is 1. The summed E-state index contributed by atoms with van der Waals surface area (Å²) in [6.45, 7) is 5.24. The molecule has 0 radical (unpaired) electrons. The molecule has 0 aromatic rings. The third-order valence-electron chi connectivity index (χ3n) is 2.02. The second-order valence-corrected chi connectivity index (χ2v) is 4.80. The van der Waals surface area contributed by atoms with E-state index < -0.39 is 23.2 Å². The Labute approximate surface area is 88.0 Å². The molecule has 0 aliphatic carbocycles. The smallest absolute Gasteiger partial charge is 0.410 e. The van der Waals surface area contributed by atoms with Crippen LogP contribution in [0.25, 0.3) is 0 Å². The summed E-state index contributed by atoms with van der Waals surface area (Å²) < 4.78 is 5.05. The number of carbonyl (C=O) groups is 2. The Kier molecular flexibility index (Phi) is 2.65. The van der Waals surface area contributed by atoms with Gasteiger partial charge in [0.25, 0.3) is 0 Å². The van der Waals surface area contributed by atoms with Gasteiger partial charge in [-0.3, -0.25) is 4.79 Å². The minimum atomic E-state index is -1.31. The quantitative estimate of drug-likeness (QED) is 0.644. The number of amides is 1. The summed E-state index contributed by atoms with van der Waals surface area (Å²) >= 11 is 0. The fourth-order valence-electron chi connectivity index (χ4n) is 1.23.